The smallest absolute Gasteiger partial charge is 0.238 e. The minimum Gasteiger partial charge on any atom is -0.325 e. The first-order valence-electron chi connectivity index (χ1n) is 8.49. The van der Waals surface area contributed by atoms with E-state index in [-0.39, 0.29) is 36.8 Å². The van der Waals surface area contributed by atoms with E-state index in [1.165, 1.54) is 11.1 Å². The van der Waals surface area contributed by atoms with Gasteiger partial charge in [-0.3, -0.25) is 14.7 Å². The molecule has 0 aliphatic carbocycles. The molecule has 2 heterocycles. The Labute approximate surface area is 167 Å². The zero-order valence-electron chi connectivity index (χ0n) is 14.9. The number of benzene rings is 1. The van der Waals surface area contributed by atoms with Crippen molar-refractivity contribution in [1.82, 2.24) is 15.2 Å². The standard InChI is InChI=1S/C19H24N4O.2ClH/c1-2-15-3-5-16(6-4-15)18-13-21-11-12-23(18)14-19(24)22-17-7-9-20-10-8-17;;/h3-10,18,21H,2,11-14H2,1H3,(H,20,22,24);2*1H. The van der Waals surface area contributed by atoms with Gasteiger partial charge in [0.15, 0.2) is 0 Å². The quantitative estimate of drug-likeness (QED) is 0.814. The van der Waals surface area contributed by atoms with Crippen LogP contribution < -0.4 is 10.6 Å². The lowest BCUT2D eigenvalue weighted by Gasteiger charge is -2.36. The third kappa shape index (κ3) is 5.95. The van der Waals surface area contributed by atoms with Gasteiger partial charge in [0.25, 0.3) is 0 Å². The number of piperazine rings is 1. The van der Waals surface area contributed by atoms with E-state index in [1.807, 2.05) is 0 Å². The molecule has 1 saturated heterocycles. The van der Waals surface area contributed by atoms with E-state index in [0.29, 0.717) is 6.54 Å². The Bertz CT molecular complexity index is 667. The van der Waals surface area contributed by atoms with Crippen LogP contribution in [0.4, 0.5) is 5.69 Å². The van der Waals surface area contributed by atoms with Crippen molar-refractivity contribution in [3.8, 4) is 0 Å². The van der Waals surface area contributed by atoms with Gasteiger partial charge in [0.05, 0.1) is 6.54 Å². The maximum absolute atomic E-state index is 12.4. The molecule has 0 saturated carbocycles. The summed E-state index contributed by atoms with van der Waals surface area (Å²) >= 11 is 0. The Morgan fingerprint density at radius 1 is 1.19 bits per heavy atom. The molecule has 5 nitrogen and oxygen atoms in total. The highest BCUT2D eigenvalue weighted by Crippen LogP contribution is 2.22. The van der Waals surface area contributed by atoms with Crippen LogP contribution >= 0.6 is 24.8 Å². The average molecular weight is 397 g/mol. The van der Waals surface area contributed by atoms with Crippen LogP contribution in [-0.4, -0.2) is 42.0 Å². The first kappa shape index (κ1) is 22.4. The number of pyridine rings is 1. The summed E-state index contributed by atoms with van der Waals surface area (Å²) in [5, 5.41) is 6.37. The molecule has 1 fully saturated rings. The molecule has 1 aliphatic heterocycles. The lowest BCUT2D eigenvalue weighted by Crippen LogP contribution is -2.48. The first-order valence-corrected chi connectivity index (χ1v) is 8.49. The minimum atomic E-state index is 0. The van der Waals surface area contributed by atoms with Crippen molar-refractivity contribution in [1.29, 1.82) is 0 Å². The van der Waals surface area contributed by atoms with Crippen LogP contribution in [0.2, 0.25) is 0 Å². The topological polar surface area (TPSA) is 57.3 Å². The van der Waals surface area contributed by atoms with Gasteiger partial charge in [0.1, 0.15) is 0 Å². The van der Waals surface area contributed by atoms with Gasteiger partial charge in [0, 0.05) is 43.8 Å². The molecule has 1 aromatic carbocycles. The molecule has 142 valence electrons. The molecule has 1 atom stereocenters. The van der Waals surface area contributed by atoms with Gasteiger partial charge in [-0.15, -0.1) is 24.8 Å². The van der Waals surface area contributed by atoms with Gasteiger partial charge in [-0.1, -0.05) is 31.2 Å². The lowest BCUT2D eigenvalue weighted by molar-refractivity contribution is -0.118. The number of hydrogen-bond donors (Lipinski definition) is 2. The molecule has 0 spiro atoms. The summed E-state index contributed by atoms with van der Waals surface area (Å²) in [5.74, 6) is 0.0123. The lowest BCUT2D eigenvalue weighted by atomic mass is 10.0. The Kier molecular flexibility index (Phi) is 9.59. The third-order valence-electron chi connectivity index (χ3n) is 4.44. The number of hydrogen-bond acceptors (Lipinski definition) is 4. The highest BCUT2D eigenvalue weighted by Gasteiger charge is 2.25. The van der Waals surface area contributed by atoms with Crippen LogP contribution in [0.25, 0.3) is 0 Å². The number of rotatable bonds is 5. The number of anilines is 1. The highest BCUT2D eigenvalue weighted by atomic mass is 35.5. The van der Waals surface area contributed by atoms with E-state index in [0.717, 1.165) is 31.7 Å². The number of aryl methyl sites for hydroxylation is 1. The van der Waals surface area contributed by atoms with Crippen molar-refractivity contribution in [2.75, 3.05) is 31.5 Å². The second-order valence-electron chi connectivity index (χ2n) is 6.07. The summed E-state index contributed by atoms with van der Waals surface area (Å²) < 4.78 is 0. The Morgan fingerprint density at radius 2 is 1.88 bits per heavy atom. The van der Waals surface area contributed by atoms with Gasteiger partial charge in [-0.05, 0) is 29.7 Å². The fourth-order valence-corrected chi connectivity index (χ4v) is 3.06. The van der Waals surface area contributed by atoms with Crippen LogP contribution in [0.15, 0.2) is 48.8 Å². The van der Waals surface area contributed by atoms with Crippen molar-refractivity contribution < 1.29 is 4.79 Å². The average Bonchev–Trinajstić information content (AvgIpc) is 2.63. The molecule has 26 heavy (non-hydrogen) atoms. The Morgan fingerprint density at radius 3 is 2.54 bits per heavy atom. The second kappa shape index (κ2) is 11.1. The maximum atomic E-state index is 12.4. The molecule has 2 N–H and O–H groups in total. The van der Waals surface area contributed by atoms with Crippen LogP contribution in [0.1, 0.15) is 24.1 Å². The monoisotopic (exact) mass is 396 g/mol. The SMILES string of the molecule is CCc1ccc(C2CNCCN2CC(=O)Nc2ccncc2)cc1.Cl.Cl. The molecule has 1 amide bonds. The van der Waals surface area contributed by atoms with Gasteiger partial charge < -0.3 is 10.6 Å². The van der Waals surface area contributed by atoms with E-state index >= 15 is 0 Å². The molecule has 1 aliphatic rings. The summed E-state index contributed by atoms with van der Waals surface area (Å²) in [7, 11) is 0. The summed E-state index contributed by atoms with van der Waals surface area (Å²) in [6, 6.07) is 12.6. The maximum Gasteiger partial charge on any atom is 0.238 e. The minimum absolute atomic E-state index is 0. The molecule has 2 aromatic rings. The largest absolute Gasteiger partial charge is 0.325 e. The van der Waals surface area contributed by atoms with E-state index in [9.17, 15) is 4.79 Å². The number of halogens is 2. The fraction of sp³-hybridized carbons (Fsp3) is 0.368. The number of amides is 1. The molecule has 3 rings (SSSR count). The molecule has 1 unspecified atom stereocenters. The van der Waals surface area contributed by atoms with Crippen molar-refractivity contribution in [2.45, 2.75) is 19.4 Å². The summed E-state index contributed by atoms with van der Waals surface area (Å²) in [6.07, 6.45) is 4.40. The van der Waals surface area contributed by atoms with Gasteiger partial charge in [0.2, 0.25) is 5.91 Å². The summed E-state index contributed by atoms with van der Waals surface area (Å²) in [4.78, 5) is 18.6. The van der Waals surface area contributed by atoms with Gasteiger partial charge in [-0.2, -0.15) is 0 Å². The van der Waals surface area contributed by atoms with Crippen molar-refractivity contribution >= 4 is 36.4 Å². The molecule has 1 aromatic heterocycles. The second-order valence-corrected chi connectivity index (χ2v) is 6.07. The number of carbonyl (C=O) groups excluding carboxylic acids is 1. The van der Waals surface area contributed by atoms with Crippen molar-refractivity contribution in [3.63, 3.8) is 0 Å². The van der Waals surface area contributed by atoms with Gasteiger partial charge in [-0.25, -0.2) is 0 Å². The molecular formula is C19H26Cl2N4O. The number of nitrogens with zero attached hydrogens (tertiary/aromatic N) is 2. The molecular weight excluding hydrogens is 371 g/mol. The van der Waals surface area contributed by atoms with Crippen LogP contribution in [-0.2, 0) is 11.2 Å². The fourth-order valence-electron chi connectivity index (χ4n) is 3.06. The van der Waals surface area contributed by atoms with E-state index < -0.39 is 0 Å². The molecule has 0 bridgehead atoms. The van der Waals surface area contributed by atoms with E-state index in [2.05, 4.69) is 51.7 Å². The summed E-state index contributed by atoms with van der Waals surface area (Å²) in [5.41, 5.74) is 3.38. The third-order valence-corrected chi connectivity index (χ3v) is 4.44. The van der Waals surface area contributed by atoms with Crippen molar-refractivity contribution in [3.05, 3.63) is 59.9 Å². The summed E-state index contributed by atoms with van der Waals surface area (Å²) in [6.45, 7) is 5.20. The first-order chi connectivity index (χ1) is 11.8. The van der Waals surface area contributed by atoms with Gasteiger partial charge >= 0.3 is 0 Å². The zero-order chi connectivity index (χ0) is 16.8. The number of aromatic nitrogens is 1. The predicted octanol–water partition coefficient (Wildman–Crippen LogP) is 3.07. The van der Waals surface area contributed by atoms with E-state index in [1.54, 1.807) is 24.5 Å². The number of carbonyl (C=O) groups is 1. The Hall–Kier alpha value is -1.66. The highest BCUT2D eigenvalue weighted by molar-refractivity contribution is 5.92. The van der Waals surface area contributed by atoms with E-state index in [4.69, 9.17) is 0 Å². The normalized spacial score (nSPS) is 16.9. The molecule has 7 heteroatoms. The Balaban J connectivity index is 0.00000169. The number of nitrogens with one attached hydrogen (secondary N) is 2. The van der Waals surface area contributed by atoms with Crippen molar-refractivity contribution in [2.24, 2.45) is 0 Å². The predicted molar refractivity (Wildman–Crippen MR) is 110 cm³/mol. The van der Waals surface area contributed by atoms with Crippen LogP contribution in [0.3, 0.4) is 0 Å². The van der Waals surface area contributed by atoms with Crippen LogP contribution in [0, 0.1) is 0 Å². The zero-order valence-corrected chi connectivity index (χ0v) is 16.5. The van der Waals surface area contributed by atoms with Crippen LogP contribution in [0.5, 0.6) is 0 Å². The molecule has 0 radical (unpaired) electrons.